The van der Waals surface area contributed by atoms with Crippen LogP contribution in [0.2, 0.25) is 0 Å². The molecule has 3 heteroatoms. The van der Waals surface area contributed by atoms with Gasteiger partial charge in [-0.25, -0.2) is 0 Å². The lowest BCUT2D eigenvalue weighted by Gasteiger charge is -2.28. The summed E-state index contributed by atoms with van der Waals surface area (Å²) in [6.07, 6.45) is 2.01. The van der Waals surface area contributed by atoms with E-state index in [9.17, 15) is 0 Å². The Morgan fingerprint density at radius 3 is 1.62 bits per heavy atom. The molecule has 1 atom stereocenters. The molecule has 0 bridgehead atoms. The Morgan fingerprint density at radius 2 is 1.38 bits per heavy atom. The Kier molecular flexibility index (Phi) is 5.95. The monoisotopic (exact) mass is 187 g/mol. The van der Waals surface area contributed by atoms with Crippen LogP contribution in [-0.2, 0) is 9.68 Å². The first-order valence-corrected chi connectivity index (χ1v) is 4.72. The van der Waals surface area contributed by atoms with Crippen molar-refractivity contribution < 1.29 is 9.68 Å². The number of rotatable bonds is 6. The summed E-state index contributed by atoms with van der Waals surface area (Å²) in [6, 6.07) is 0.0600. The van der Waals surface area contributed by atoms with Crippen LogP contribution in [0.5, 0.6) is 0 Å². The fraction of sp³-hybridized carbons (Fsp3) is 0.800. The van der Waals surface area contributed by atoms with Crippen LogP contribution in [0, 0.1) is 0 Å². The number of nitrogens with zero attached hydrogens (tertiary/aromatic N) is 1. The van der Waals surface area contributed by atoms with E-state index in [1.807, 2.05) is 34.6 Å². The lowest BCUT2D eigenvalue weighted by atomic mass is 10.4. The van der Waals surface area contributed by atoms with E-state index in [0.717, 1.165) is 0 Å². The third-order valence-corrected chi connectivity index (χ3v) is 1.30. The highest BCUT2D eigenvalue weighted by Crippen LogP contribution is 2.07. The molecule has 0 heterocycles. The summed E-state index contributed by atoms with van der Waals surface area (Å²) in [5.41, 5.74) is 0. The molecule has 0 saturated carbocycles. The molecule has 0 aromatic heterocycles. The minimum absolute atomic E-state index is 0.0600. The average molecular weight is 187 g/mol. The first-order chi connectivity index (χ1) is 5.97. The van der Waals surface area contributed by atoms with Crippen molar-refractivity contribution in [3.63, 3.8) is 0 Å². The fourth-order valence-corrected chi connectivity index (χ4v) is 0.718. The van der Waals surface area contributed by atoms with Gasteiger partial charge in [-0.2, -0.15) is 0 Å². The van der Waals surface area contributed by atoms with Gasteiger partial charge in [-0.1, -0.05) is 11.3 Å². The predicted molar refractivity (Wildman–Crippen MR) is 53.9 cm³/mol. The molecule has 1 unspecified atom stereocenters. The molecule has 0 aliphatic heterocycles. The molecule has 0 aliphatic carbocycles. The predicted octanol–water partition coefficient (Wildman–Crippen LogP) is 2.54. The van der Waals surface area contributed by atoms with Crippen molar-refractivity contribution >= 4 is 0 Å². The molecule has 0 amide bonds. The maximum Gasteiger partial charge on any atom is 0.0777 e. The van der Waals surface area contributed by atoms with Gasteiger partial charge in [0.1, 0.15) is 0 Å². The molecule has 0 saturated heterocycles. The maximum atomic E-state index is 5.45. The highest BCUT2D eigenvalue weighted by atomic mass is 17.0. The van der Waals surface area contributed by atoms with E-state index in [1.165, 1.54) is 5.23 Å². The summed E-state index contributed by atoms with van der Waals surface area (Å²) in [5.74, 6) is 0. The average Bonchev–Trinajstić information content (AvgIpc) is 2.00. The lowest BCUT2D eigenvalue weighted by Crippen LogP contribution is -2.36. The quantitative estimate of drug-likeness (QED) is 0.471. The van der Waals surface area contributed by atoms with E-state index in [0.29, 0.717) is 0 Å². The lowest BCUT2D eigenvalue weighted by molar-refractivity contribution is -0.404. The van der Waals surface area contributed by atoms with Crippen molar-refractivity contribution in [3.05, 3.63) is 12.7 Å². The Labute approximate surface area is 81.2 Å². The second-order valence-electron chi connectivity index (χ2n) is 3.57. The highest BCUT2D eigenvalue weighted by Gasteiger charge is 2.15. The molecule has 3 nitrogen and oxygen atoms in total. The van der Waals surface area contributed by atoms with Crippen LogP contribution in [-0.4, -0.2) is 23.5 Å². The van der Waals surface area contributed by atoms with Crippen LogP contribution in [0.1, 0.15) is 34.6 Å². The van der Waals surface area contributed by atoms with Gasteiger partial charge in [0.05, 0.1) is 18.2 Å². The van der Waals surface area contributed by atoms with Crippen LogP contribution < -0.4 is 0 Å². The fourth-order valence-electron chi connectivity index (χ4n) is 0.718. The molecule has 0 spiro atoms. The number of hydrogen-bond donors (Lipinski definition) is 0. The first kappa shape index (κ1) is 12.6. The van der Waals surface area contributed by atoms with Crippen LogP contribution in [0.4, 0.5) is 0 Å². The zero-order valence-electron chi connectivity index (χ0n) is 9.28. The normalized spacial score (nSPS) is 14.2. The third kappa shape index (κ3) is 5.80. The summed E-state index contributed by atoms with van der Waals surface area (Å²) in [7, 11) is 0. The van der Waals surface area contributed by atoms with Crippen LogP contribution >= 0.6 is 0 Å². The van der Waals surface area contributed by atoms with Crippen molar-refractivity contribution in [3.8, 4) is 0 Å². The minimum Gasteiger partial charge on any atom is -0.271 e. The largest absolute Gasteiger partial charge is 0.271 e. The van der Waals surface area contributed by atoms with Gasteiger partial charge in [-0.3, -0.25) is 9.68 Å². The summed E-state index contributed by atoms with van der Waals surface area (Å²) in [6.45, 7) is 13.5. The van der Waals surface area contributed by atoms with Gasteiger partial charge < -0.3 is 0 Å². The molecule has 0 rings (SSSR count). The smallest absolute Gasteiger partial charge is 0.0777 e. The second-order valence-corrected chi connectivity index (χ2v) is 3.57. The minimum atomic E-state index is 0.0600. The molecule has 0 aliphatic rings. The van der Waals surface area contributed by atoms with Gasteiger partial charge in [0.25, 0.3) is 0 Å². The Morgan fingerprint density at radius 1 is 1.00 bits per heavy atom. The summed E-state index contributed by atoms with van der Waals surface area (Å²) < 4.78 is 0. The Hall–Kier alpha value is -0.380. The SMILES string of the molecule is C=CC(C)N(OC(C)C)OC(C)C. The Balaban J connectivity index is 4.09. The molecule has 0 radical (unpaired) electrons. The van der Waals surface area contributed by atoms with Gasteiger partial charge in [-0.15, -0.1) is 6.58 Å². The van der Waals surface area contributed by atoms with Crippen LogP contribution in [0.15, 0.2) is 12.7 Å². The van der Waals surface area contributed by atoms with Crippen molar-refractivity contribution in [2.45, 2.75) is 52.9 Å². The standard InChI is InChI=1S/C10H21NO2/c1-7-10(6)11(12-8(2)3)13-9(4)5/h7-10H,1H2,2-6H3. The first-order valence-electron chi connectivity index (χ1n) is 4.72. The van der Waals surface area contributed by atoms with Gasteiger partial charge in [0.15, 0.2) is 0 Å². The molecule has 0 aromatic carbocycles. The Bertz CT molecular complexity index is 136. The van der Waals surface area contributed by atoms with Gasteiger partial charge >= 0.3 is 0 Å². The van der Waals surface area contributed by atoms with Gasteiger partial charge in [-0.05, 0) is 34.6 Å². The van der Waals surface area contributed by atoms with Crippen molar-refractivity contribution in [2.75, 3.05) is 0 Å². The summed E-state index contributed by atoms with van der Waals surface area (Å²) >= 11 is 0. The van der Waals surface area contributed by atoms with Crippen LogP contribution in [0.25, 0.3) is 0 Å². The highest BCUT2D eigenvalue weighted by molar-refractivity contribution is 4.78. The zero-order valence-corrected chi connectivity index (χ0v) is 9.28. The molecular weight excluding hydrogens is 166 g/mol. The molecule has 78 valence electrons. The van der Waals surface area contributed by atoms with E-state index < -0.39 is 0 Å². The van der Waals surface area contributed by atoms with E-state index in [2.05, 4.69) is 6.58 Å². The van der Waals surface area contributed by atoms with E-state index >= 15 is 0 Å². The molecule has 0 fully saturated rings. The molecular formula is C10H21NO2. The van der Waals surface area contributed by atoms with E-state index in [4.69, 9.17) is 9.68 Å². The summed E-state index contributed by atoms with van der Waals surface area (Å²) in [4.78, 5) is 10.9. The van der Waals surface area contributed by atoms with Crippen molar-refractivity contribution in [2.24, 2.45) is 0 Å². The van der Waals surface area contributed by atoms with Crippen LogP contribution in [0.3, 0.4) is 0 Å². The molecule has 0 N–H and O–H groups in total. The van der Waals surface area contributed by atoms with Gasteiger partial charge in [0, 0.05) is 0 Å². The zero-order chi connectivity index (χ0) is 10.4. The van der Waals surface area contributed by atoms with Gasteiger partial charge in [0.2, 0.25) is 0 Å². The number of hydroxylamine groups is 2. The van der Waals surface area contributed by atoms with Crippen molar-refractivity contribution in [1.29, 1.82) is 0 Å². The second kappa shape index (κ2) is 6.13. The third-order valence-electron chi connectivity index (χ3n) is 1.30. The summed E-state index contributed by atoms with van der Waals surface area (Å²) in [5, 5.41) is 1.50. The van der Waals surface area contributed by atoms with Crippen molar-refractivity contribution in [1.82, 2.24) is 5.23 Å². The molecule has 0 aromatic rings. The van der Waals surface area contributed by atoms with E-state index in [1.54, 1.807) is 6.08 Å². The molecule has 13 heavy (non-hydrogen) atoms. The van der Waals surface area contributed by atoms with E-state index in [-0.39, 0.29) is 18.2 Å². The maximum absolute atomic E-state index is 5.45. The number of hydrogen-bond acceptors (Lipinski definition) is 3. The topological polar surface area (TPSA) is 21.7 Å².